The molecule has 1 saturated heterocycles. The van der Waals surface area contributed by atoms with E-state index in [2.05, 4.69) is 28.6 Å². The molecule has 3 N–H and O–H groups in total. The van der Waals surface area contributed by atoms with Crippen LogP contribution in [0.5, 0.6) is 0 Å². The van der Waals surface area contributed by atoms with E-state index in [0.717, 1.165) is 4.90 Å². The van der Waals surface area contributed by atoms with Gasteiger partial charge in [0.15, 0.2) is 0 Å². The fourth-order valence-electron chi connectivity index (χ4n) is 3.77. The summed E-state index contributed by atoms with van der Waals surface area (Å²) in [6, 6.07) is -1.95. The number of carbonyl (C=O) groups is 5. The van der Waals surface area contributed by atoms with Crippen LogP contribution in [0.25, 0.3) is 0 Å². The van der Waals surface area contributed by atoms with Crippen molar-refractivity contribution < 1.29 is 24.0 Å². The van der Waals surface area contributed by atoms with Gasteiger partial charge in [0.05, 0.1) is 11.3 Å². The second-order valence-electron chi connectivity index (χ2n) is 10.8. The van der Waals surface area contributed by atoms with Crippen molar-refractivity contribution in [3.05, 3.63) is 0 Å². The zero-order valence-corrected chi connectivity index (χ0v) is 22.7. The quantitative estimate of drug-likeness (QED) is 0.264. The van der Waals surface area contributed by atoms with Crippen molar-refractivity contribution in [1.82, 2.24) is 25.8 Å². The number of thiol groups is 1. The minimum absolute atomic E-state index is 0.0297. The lowest BCUT2D eigenvalue weighted by Crippen LogP contribution is -2.56. The molecule has 0 unspecified atom stereocenters. The van der Waals surface area contributed by atoms with E-state index < -0.39 is 52.0 Å². The van der Waals surface area contributed by atoms with Gasteiger partial charge in [-0.05, 0) is 45.1 Å². The van der Waals surface area contributed by atoms with Gasteiger partial charge in [-0.25, -0.2) is 4.79 Å². The second-order valence-corrected chi connectivity index (χ2v) is 11.4. The average Bonchev–Trinajstić information content (AvgIpc) is 2.84. The molecule has 1 fully saturated rings. The van der Waals surface area contributed by atoms with E-state index >= 15 is 0 Å². The molecule has 0 bridgehead atoms. The fourth-order valence-corrected chi connectivity index (χ4v) is 3.96. The monoisotopic (exact) mass is 499 g/mol. The molecule has 34 heavy (non-hydrogen) atoms. The van der Waals surface area contributed by atoms with Crippen molar-refractivity contribution in [2.45, 2.75) is 84.2 Å². The summed E-state index contributed by atoms with van der Waals surface area (Å²) in [4.78, 5) is 65.6. The topological polar surface area (TPSA) is 128 Å². The Morgan fingerprint density at radius 1 is 1.06 bits per heavy atom. The molecule has 0 aromatic heterocycles. The lowest BCUT2D eigenvalue weighted by atomic mass is 9.86. The lowest BCUT2D eigenvalue weighted by Gasteiger charge is -2.29. The molecule has 1 heterocycles. The highest BCUT2D eigenvalue weighted by molar-refractivity contribution is 7.81. The number of likely N-dealkylation sites (N-methyl/N-ethyl adjacent to an activating group) is 2. The fraction of sp³-hybridized carbons (Fsp3) is 0.783. The number of imide groups is 2. The van der Waals surface area contributed by atoms with Gasteiger partial charge in [-0.15, -0.1) is 0 Å². The molecule has 1 aliphatic heterocycles. The van der Waals surface area contributed by atoms with Crippen molar-refractivity contribution >= 4 is 42.3 Å². The predicted molar refractivity (Wildman–Crippen MR) is 133 cm³/mol. The molecule has 194 valence electrons. The summed E-state index contributed by atoms with van der Waals surface area (Å²) in [5.41, 5.74) is -1.37. The highest BCUT2D eigenvalue weighted by Crippen LogP contribution is 2.26. The van der Waals surface area contributed by atoms with E-state index in [-0.39, 0.29) is 24.8 Å². The van der Waals surface area contributed by atoms with Crippen LogP contribution in [0.1, 0.15) is 61.3 Å². The summed E-state index contributed by atoms with van der Waals surface area (Å²) in [6.07, 6.45) is 0.449. The molecule has 1 aliphatic rings. The van der Waals surface area contributed by atoms with Gasteiger partial charge in [0.1, 0.15) is 11.6 Å². The molecule has 10 nitrogen and oxygen atoms in total. The number of nitrogens with zero attached hydrogens (tertiary/aromatic N) is 2. The molecule has 0 spiro atoms. The molecule has 0 aromatic carbocycles. The van der Waals surface area contributed by atoms with Crippen molar-refractivity contribution in [3.8, 4) is 0 Å². The van der Waals surface area contributed by atoms with Gasteiger partial charge in [0, 0.05) is 13.6 Å². The van der Waals surface area contributed by atoms with Gasteiger partial charge >= 0.3 is 6.03 Å². The van der Waals surface area contributed by atoms with Crippen LogP contribution < -0.4 is 16.0 Å². The lowest BCUT2D eigenvalue weighted by molar-refractivity contribution is -0.136. The van der Waals surface area contributed by atoms with Gasteiger partial charge < -0.3 is 15.5 Å². The Morgan fingerprint density at radius 2 is 1.62 bits per heavy atom. The number of rotatable bonds is 10. The number of amides is 6. The van der Waals surface area contributed by atoms with Gasteiger partial charge in [0.2, 0.25) is 17.7 Å². The number of carbonyl (C=O) groups excluding carboxylic acids is 5. The highest BCUT2D eigenvalue weighted by atomic mass is 32.1. The normalized spacial score (nSPS) is 18.7. The first-order valence-corrected chi connectivity index (χ1v) is 12.1. The summed E-state index contributed by atoms with van der Waals surface area (Å²) in [7, 11) is 3.20. The van der Waals surface area contributed by atoms with Crippen LogP contribution in [0.2, 0.25) is 0 Å². The number of hydrogen-bond acceptors (Lipinski definition) is 7. The number of nitrogens with one attached hydrogen (secondary N) is 3. The smallest absolute Gasteiger partial charge is 0.327 e. The molecule has 0 aromatic rings. The summed E-state index contributed by atoms with van der Waals surface area (Å²) in [6.45, 7) is 12.8. The van der Waals surface area contributed by atoms with E-state index in [1.807, 2.05) is 34.6 Å². The van der Waals surface area contributed by atoms with Gasteiger partial charge in [-0.3, -0.25) is 29.4 Å². The van der Waals surface area contributed by atoms with Gasteiger partial charge in [-0.2, -0.15) is 12.6 Å². The Kier molecular flexibility index (Phi) is 10.1. The largest absolute Gasteiger partial charge is 0.343 e. The Bertz CT molecular complexity index is 808. The minimum Gasteiger partial charge on any atom is -0.343 e. The molecule has 0 radical (unpaired) electrons. The summed E-state index contributed by atoms with van der Waals surface area (Å²) >= 11 is 4.33. The third-order valence-electron chi connectivity index (χ3n) is 6.06. The molecule has 0 aliphatic carbocycles. The zero-order valence-electron chi connectivity index (χ0n) is 21.8. The van der Waals surface area contributed by atoms with E-state index in [0.29, 0.717) is 6.42 Å². The standard InChI is InChI=1S/C23H41N5O5S/c1-13(2)12-14(17(29)26-19(31)16(24-8)22(3,4)5)25-18(30)15(34)10-11-28-20(32)23(6,7)27(9)21(28)33/h13-16,24,34H,10-12H2,1-9H3,(H,25,30)(H,26,29,31)/t14-,15+,16+/m0/s1. The first-order valence-electron chi connectivity index (χ1n) is 11.5. The first-order chi connectivity index (χ1) is 15.4. The Balaban J connectivity index is 2.81. The number of urea groups is 1. The SMILES string of the molecule is CN[C@H](C(=O)NC(=O)[C@H](CC(C)C)NC(=O)[C@H](S)CCN1C(=O)N(C)C(C)(C)C1=O)C(C)(C)C. The zero-order chi connectivity index (χ0) is 26.6. The second kappa shape index (κ2) is 11.5. The molecular formula is C23H41N5O5S. The highest BCUT2D eigenvalue weighted by Gasteiger charge is 2.49. The Labute approximate surface area is 208 Å². The molecule has 3 atom stereocenters. The van der Waals surface area contributed by atoms with Crippen LogP contribution >= 0.6 is 12.6 Å². The Hall–Kier alpha value is -2.14. The summed E-state index contributed by atoms with van der Waals surface area (Å²) < 4.78 is 0. The third-order valence-corrected chi connectivity index (χ3v) is 6.55. The van der Waals surface area contributed by atoms with Gasteiger partial charge in [0.25, 0.3) is 5.91 Å². The minimum atomic E-state index is -0.948. The summed E-state index contributed by atoms with van der Waals surface area (Å²) in [5, 5.41) is 7.14. The molecule has 0 saturated carbocycles. The van der Waals surface area contributed by atoms with E-state index in [1.165, 1.54) is 4.90 Å². The van der Waals surface area contributed by atoms with Crippen LogP contribution in [0.3, 0.4) is 0 Å². The molecule has 1 rings (SSSR count). The van der Waals surface area contributed by atoms with Crippen LogP contribution in [-0.4, -0.2) is 83.0 Å². The van der Waals surface area contributed by atoms with Gasteiger partial charge in [-0.1, -0.05) is 34.6 Å². The van der Waals surface area contributed by atoms with Crippen LogP contribution in [0, 0.1) is 11.3 Å². The van der Waals surface area contributed by atoms with Crippen molar-refractivity contribution in [2.75, 3.05) is 20.6 Å². The molecular weight excluding hydrogens is 458 g/mol. The maximum Gasteiger partial charge on any atom is 0.327 e. The predicted octanol–water partition coefficient (Wildman–Crippen LogP) is 1.16. The van der Waals surface area contributed by atoms with E-state index in [9.17, 15) is 24.0 Å². The summed E-state index contributed by atoms with van der Waals surface area (Å²) in [5.74, 6) is -1.84. The molecule has 6 amide bonds. The van der Waals surface area contributed by atoms with E-state index in [4.69, 9.17) is 0 Å². The maximum absolute atomic E-state index is 12.9. The third kappa shape index (κ3) is 7.18. The number of hydrogen-bond donors (Lipinski definition) is 4. The van der Waals surface area contributed by atoms with Crippen LogP contribution in [-0.2, 0) is 19.2 Å². The molecule has 11 heteroatoms. The van der Waals surface area contributed by atoms with Crippen LogP contribution in [0.15, 0.2) is 0 Å². The van der Waals surface area contributed by atoms with Crippen molar-refractivity contribution in [2.24, 2.45) is 11.3 Å². The average molecular weight is 500 g/mol. The first kappa shape index (κ1) is 29.9. The van der Waals surface area contributed by atoms with Crippen molar-refractivity contribution in [1.29, 1.82) is 0 Å². The van der Waals surface area contributed by atoms with E-state index in [1.54, 1.807) is 27.9 Å². The Morgan fingerprint density at radius 3 is 2.03 bits per heavy atom. The maximum atomic E-state index is 12.9. The van der Waals surface area contributed by atoms with Crippen LogP contribution in [0.4, 0.5) is 4.79 Å². The van der Waals surface area contributed by atoms with Crippen molar-refractivity contribution in [3.63, 3.8) is 0 Å².